The highest BCUT2D eigenvalue weighted by Gasteiger charge is 1.98. The van der Waals surface area contributed by atoms with Crippen molar-refractivity contribution in [2.24, 2.45) is 0 Å². The van der Waals surface area contributed by atoms with E-state index in [0.29, 0.717) is 6.54 Å². The van der Waals surface area contributed by atoms with Gasteiger partial charge in [-0.15, -0.1) is 11.3 Å². The second-order valence-electron chi connectivity index (χ2n) is 3.65. The zero-order chi connectivity index (χ0) is 12.8. The smallest absolute Gasteiger partial charge is 0.244 e. The van der Waals surface area contributed by atoms with Gasteiger partial charge in [-0.2, -0.15) is 0 Å². The monoisotopic (exact) mass is 321 g/mol. The fourth-order valence-electron chi connectivity index (χ4n) is 1.42. The molecule has 0 aliphatic heterocycles. The van der Waals surface area contributed by atoms with Gasteiger partial charge in [-0.1, -0.05) is 40.2 Å². The number of benzene rings is 1. The lowest BCUT2D eigenvalue weighted by Crippen LogP contribution is -2.19. The van der Waals surface area contributed by atoms with Crippen LogP contribution in [0.1, 0.15) is 10.4 Å². The summed E-state index contributed by atoms with van der Waals surface area (Å²) in [4.78, 5) is 12.8. The van der Waals surface area contributed by atoms with Gasteiger partial charge in [-0.25, -0.2) is 0 Å². The van der Waals surface area contributed by atoms with E-state index in [1.54, 1.807) is 23.5 Å². The number of rotatable bonds is 4. The number of thiophene rings is 1. The molecule has 1 N–H and O–H groups in total. The third kappa shape index (κ3) is 3.82. The molecular weight excluding hydrogens is 310 g/mol. The topological polar surface area (TPSA) is 29.1 Å². The lowest BCUT2D eigenvalue weighted by Gasteiger charge is -2.00. The van der Waals surface area contributed by atoms with Crippen molar-refractivity contribution in [2.75, 3.05) is 0 Å². The van der Waals surface area contributed by atoms with Crippen molar-refractivity contribution in [3.05, 3.63) is 62.8 Å². The van der Waals surface area contributed by atoms with E-state index in [9.17, 15) is 4.79 Å². The fraction of sp³-hybridized carbons (Fsp3) is 0.0714. The molecule has 1 aromatic heterocycles. The SMILES string of the molecule is O=C(/C=C/c1ccccc1Br)NCc1cccs1. The normalized spacial score (nSPS) is 10.7. The van der Waals surface area contributed by atoms with Gasteiger partial charge in [0.05, 0.1) is 6.54 Å². The second-order valence-corrected chi connectivity index (χ2v) is 5.54. The Morgan fingerprint density at radius 1 is 1.28 bits per heavy atom. The lowest BCUT2D eigenvalue weighted by molar-refractivity contribution is -0.116. The van der Waals surface area contributed by atoms with Gasteiger partial charge in [0.2, 0.25) is 5.91 Å². The number of halogens is 1. The number of nitrogens with one attached hydrogen (secondary N) is 1. The first-order valence-corrected chi connectivity index (χ1v) is 7.16. The van der Waals surface area contributed by atoms with E-state index in [-0.39, 0.29) is 5.91 Å². The van der Waals surface area contributed by atoms with Crippen molar-refractivity contribution in [2.45, 2.75) is 6.54 Å². The van der Waals surface area contributed by atoms with Gasteiger partial charge in [0.25, 0.3) is 0 Å². The Morgan fingerprint density at radius 2 is 2.11 bits per heavy atom. The summed E-state index contributed by atoms with van der Waals surface area (Å²) in [7, 11) is 0. The number of amides is 1. The van der Waals surface area contributed by atoms with Crippen LogP contribution in [-0.2, 0) is 11.3 Å². The summed E-state index contributed by atoms with van der Waals surface area (Å²) in [5.74, 6) is -0.0841. The van der Waals surface area contributed by atoms with Gasteiger partial charge in [0.1, 0.15) is 0 Å². The lowest BCUT2D eigenvalue weighted by atomic mass is 10.2. The van der Waals surface area contributed by atoms with Gasteiger partial charge in [-0.05, 0) is 29.2 Å². The molecule has 0 aliphatic rings. The minimum atomic E-state index is -0.0841. The van der Waals surface area contributed by atoms with Crippen LogP contribution < -0.4 is 5.32 Å². The summed E-state index contributed by atoms with van der Waals surface area (Å²) in [5.41, 5.74) is 0.990. The number of hydrogen-bond acceptors (Lipinski definition) is 2. The predicted molar refractivity (Wildman–Crippen MR) is 79.3 cm³/mol. The standard InChI is InChI=1S/C14H12BrNOS/c15-13-6-2-1-4-11(13)7-8-14(17)16-10-12-5-3-9-18-12/h1-9H,10H2,(H,16,17)/b8-7+. The molecular formula is C14H12BrNOS. The van der Waals surface area contributed by atoms with Crippen molar-refractivity contribution in [1.29, 1.82) is 0 Å². The van der Waals surface area contributed by atoms with Crippen molar-refractivity contribution in [3.8, 4) is 0 Å². The van der Waals surface area contributed by atoms with Crippen LogP contribution in [0.15, 0.2) is 52.3 Å². The van der Waals surface area contributed by atoms with E-state index in [1.165, 1.54) is 0 Å². The third-order valence-corrected chi connectivity index (χ3v) is 3.93. The van der Waals surface area contributed by atoms with Crippen LogP contribution in [0.25, 0.3) is 6.08 Å². The van der Waals surface area contributed by atoms with Crippen LogP contribution in [-0.4, -0.2) is 5.91 Å². The van der Waals surface area contributed by atoms with Gasteiger partial charge in [0, 0.05) is 15.4 Å². The Hall–Kier alpha value is -1.39. The highest BCUT2D eigenvalue weighted by atomic mass is 79.9. The number of carbonyl (C=O) groups is 1. The summed E-state index contributed by atoms with van der Waals surface area (Å²) >= 11 is 5.07. The molecule has 4 heteroatoms. The minimum absolute atomic E-state index is 0.0841. The van der Waals surface area contributed by atoms with Gasteiger partial charge in [0.15, 0.2) is 0 Å². The molecule has 0 unspecified atom stereocenters. The summed E-state index contributed by atoms with van der Waals surface area (Å²) < 4.78 is 0.979. The summed E-state index contributed by atoms with van der Waals surface area (Å²) in [5, 5.41) is 4.84. The molecule has 0 radical (unpaired) electrons. The molecule has 1 heterocycles. The van der Waals surface area contributed by atoms with Crippen LogP contribution in [0.2, 0.25) is 0 Å². The highest BCUT2D eigenvalue weighted by Crippen LogP contribution is 2.16. The van der Waals surface area contributed by atoms with Crippen molar-refractivity contribution >= 4 is 39.2 Å². The first-order chi connectivity index (χ1) is 8.75. The first-order valence-electron chi connectivity index (χ1n) is 5.48. The van der Waals surface area contributed by atoms with E-state index >= 15 is 0 Å². The Kier molecular flexibility index (Phi) is 4.73. The quantitative estimate of drug-likeness (QED) is 0.852. The minimum Gasteiger partial charge on any atom is -0.348 e. The summed E-state index contributed by atoms with van der Waals surface area (Å²) in [6, 6.07) is 11.8. The molecule has 1 amide bonds. The van der Waals surface area contributed by atoms with Crippen LogP contribution in [0.3, 0.4) is 0 Å². The predicted octanol–water partition coefficient (Wildman–Crippen LogP) is 3.84. The van der Waals surface area contributed by atoms with Crippen LogP contribution >= 0.6 is 27.3 Å². The van der Waals surface area contributed by atoms with Crippen molar-refractivity contribution in [1.82, 2.24) is 5.32 Å². The molecule has 0 atom stereocenters. The maximum Gasteiger partial charge on any atom is 0.244 e. The largest absolute Gasteiger partial charge is 0.348 e. The fourth-order valence-corrected chi connectivity index (χ4v) is 2.48. The Morgan fingerprint density at radius 3 is 2.83 bits per heavy atom. The average molecular weight is 322 g/mol. The van der Waals surface area contributed by atoms with E-state index in [2.05, 4.69) is 21.2 Å². The van der Waals surface area contributed by atoms with Crippen molar-refractivity contribution < 1.29 is 4.79 Å². The van der Waals surface area contributed by atoms with E-state index < -0.39 is 0 Å². The number of hydrogen-bond donors (Lipinski definition) is 1. The molecule has 0 aliphatic carbocycles. The molecule has 18 heavy (non-hydrogen) atoms. The molecule has 0 saturated heterocycles. The summed E-state index contributed by atoms with van der Waals surface area (Å²) in [6.07, 6.45) is 3.35. The zero-order valence-electron chi connectivity index (χ0n) is 9.60. The Balaban J connectivity index is 1.89. The molecule has 2 nitrogen and oxygen atoms in total. The summed E-state index contributed by atoms with van der Waals surface area (Å²) in [6.45, 7) is 0.580. The van der Waals surface area contributed by atoms with Crippen LogP contribution in [0, 0.1) is 0 Å². The van der Waals surface area contributed by atoms with Crippen LogP contribution in [0.4, 0.5) is 0 Å². The maximum absolute atomic E-state index is 11.6. The zero-order valence-corrected chi connectivity index (χ0v) is 12.0. The van der Waals surface area contributed by atoms with E-state index in [0.717, 1.165) is 14.9 Å². The average Bonchev–Trinajstić information content (AvgIpc) is 2.88. The Bertz CT molecular complexity index is 549. The highest BCUT2D eigenvalue weighted by molar-refractivity contribution is 9.10. The number of carbonyl (C=O) groups excluding carboxylic acids is 1. The molecule has 92 valence electrons. The van der Waals surface area contributed by atoms with E-state index in [4.69, 9.17) is 0 Å². The van der Waals surface area contributed by atoms with Crippen LogP contribution in [0.5, 0.6) is 0 Å². The van der Waals surface area contributed by atoms with Gasteiger partial charge < -0.3 is 5.32 Å². The van der Waals surface area contributed by atoms with Crippen molar-refractivity contribution in [3.63, 3.8) is 0 Å². The molecule has 2 rings (SSSR count). The maximum atomic E-state index is 11.6. The van der Waals surface area contributed by atoms with Gasteiger partial charge in [-0.3, -0.25) is 4.79 Å². The Labute approximate surface area is 118 Å². The molecule has 0 bridgehead atoms. The molecule has 0 saturated carbocycles. The molecule has 2 aromatic rings. The molecule has 0 fully saturated rings. The molecule has 1 aromatic carbocycles. The molecule has 0 spiro atoms. The first kappa shape index (κ1) is 13.1. The second kappa shape index (κ2) is 6.52. The third-order valence-electron chi connectivity index (χ3n) is 2.34. The van der Waals surface area contributed by atoms with Gasteiger partial charge >= 0.3 is 0 Å². The van der Waals surface area contributed by atoms with E-state index in [1.807, 2.05) is 41.8 Å².